The number of allylic oxidation sites excluding steroid dienone is 1. The highest BCUT2D eigenvalue weighted by molar-refractivity contribution is 7.11. The molecule has 2 heterocycles. The number of ketones is 1. The highest BCUT2D eigenvalue weighted by Gasteiger charge is 2.20. The van der Waals surface area contributed by atoms with Gasteiger partial charge in [-0.3, -0.25) is 10.1 Å². The van der Waals surface area contributed by atoms with Crippen molar-refractivity contribution in [2.75, 3.05) is 7.11 Å². The highest BCUT2D eigenvalue weighted by Crippen LogP contribution is 2.22. The number of amides is 1. The Morgan fingerprint density at radius 1 is 1.15 bits per heavy atom. The summed E-state index contributed by atoms with van der Waals surface area (Å²) < 4.78 is 9.79. The van der Waals surface area contributed by atoms with E-state index in [1.165, 1.54) is 42.5 Å². The first-order valence-electron chi connectivity index (χ1n) is 14.3. The molecule has 0 bridgehead atoms. The van der Waals surface area contributed by atoms with Crippen LogP contribution in [0.2, 0.25) is 0 Å². The lowest BCUT2D eigenvalue weighted by Crippen LogP contribution is -2.21. The minimum absolute atomic E-state index is 0.0161. The molecule has 0 aliphatic carbocycles. The van der Waals surface area contributed by atoms with E-state index in [1.807, 2.05) is 52.2 Å². The molecule has 2 aromatic heterocycles. The van der Waals surface area contributed by atoms with Crippen molar-refractivity contribution in [3.05, 3.63) is 61.7 Å². The molecule has 1 unspecified atom stereocenters. The molecule has 8 heteroatoms. The molecule has 222 valence electrons. The van der Waals surface area contributed by atoms with Crippen molar-refractivity contribution < 1.29 is 18.7 Å². The number of alkyl carbamates (subject to hydrolysis) is 1. The van der Waals surface area contributed by atoms with Crippen molar-refractivity contribution in [1.29, 1.82) is 0 Å². The molecule has 0 fully saturated rings. The van der Waals surface area contributed by atoms with Crippen molar-refractivity contribution in [3.63, 3.8) is 0 Å². The molecule has 2 rings (SSSR count). The summed E-state index contributed by atoms with van der Waals surface area (Å²) in [4.78, 5) is 40.8. The van der Waals surface area contributed by atoms with Crippen LogP contribution < -0.4 is 10.9 Å². The van der Waals surface area contributed by atoms with E-state index in [4.69, 9.17) is 4.42 Å². The molecule has 0 radical (unpaired) electrons. The summed E-state index contributed by atoms with van der Waals surface area (Å²) in [7, 11) is 1.29. The van der Waals surface area contributed by atoms with Gasteiger partial charge in [-0.2, -0.15) is 0 Å². The van der Waals surface area contributed by atoms with E-state index in [1.54, 1.807) is 32.9 Å². The van der Waals surface area contributed by atoms with Crippen LogP contribution in [0.4, 0.5) is 4.79 Å². The van der Waals surface area contributed by atoms with Crippen LogP contribution in [0.25, 0.3) is 0 Å². The molecule has 39 heavy (non-hydrogen) atoms. The number of unbranched alkanes of at least 4 members (excludes halogenated alkanes) is 1. The maximum Gasteiger partial charge on any atom is 0.410 e. The largest absolute Gasteiger partial charge is 0.453 e. The van der Waals surface area contributed by atoms with Gasteiger partial charge in [0.2, 0.25) is 0 Å². The molecular weight excluding hydrogens is 512 g/mol. The smallest absolute Gasteiger partial charge is 0.410 e. The van der Waals surface area contributed by atoms with E-state index in [2.05, 4.69) is 28.9 Å². The monoisotopic (exact) mass is 564 g/mol. The number of nitrogens with zero attached hydrogens (tertiary/aromatic N) is 1. The van der Waals surface area contributed by atoms with E-state index >= 15 is 0 Å². The maximum absolute atomic E-state index is 12.1. The van der Waals surface area contributed by atoms with Gasteiger partial charge in [-0.25, -0.2) is 14.6 Å². The molecule has 1 N–H and O–H groups in total. The van der Waals surface area contributed by atoms with Crippen molar-refractivity contribution >= 4 is 23.2 Å². The Morgan fingerprint density at radius 2 is 1.79 bits per heavy atom. The molecule has 0 saturated heterocycles. The molecule has 2 aromatic rings. The van der Waals surface area contributed by atoms with E-state index in [9.17, 15) is 14.4 Å². The Labute approximate surface area is 240 Å². The quantitative estimate of drug-likeness (QED) is 0.274. The summed E-state index contributed by atoms with van der Waals surface area (Å²) in [5.41, 5.74) is 0.219. The van der Waals surface area contributed by atoms with Crippen LogP contribution in [0.15, 0.2) is 33.8 Å². The summed E-state index contributed by atoms with van der Waals surface area (Å²) in [6, 6.07) is 1.76. The Morgan fingerprint density at radius 3 is 2.28 bits per heavy atom. The molecule has 7 nitrogen and oxygen atoms in total. The summed E-state index contributed by atoms with van der Waals surface area (Å²) in [6.45, 7) is 19.6. The average molecular weight is 565 g/mol. The predicted octanol–water partition coefficient (Wildman–Crippen LogP) is 8.64. The molecule has 0 aliphatic heterocycles. The van der Waals surface area contributed by atoms with Gasteiger partial charge in [-0.05, 0) is 50.7 Å². The Hall–Kier alpha value is -2.74. The Bertz CT molecular complexity index is 1020. The Balaban J connectivity index is 0. The summed E-state index contributed by atoms with van der Waals surface area (Å²) in [5.74, 6) is 0.133. The van der Waals surface area contributed by atoms with Gasteiger partial charge in [-0.15, -0.1) is 11.3 Å². The van der Waals surface area contributed by atoms with Gasteiger partial charge in [0.1, 0.15) is 11.3 Å². The zero-order chi connectivity index (χ0) is 30.4. The van der Waals surface area contributed by atoms with E-state index in [0.29, 0.717) is 17.7 Å². The van der Waals surface area contributed by atoms with Crippen LogP contribution in [0.3, 0.4) is 0 Å². The van der Waals surface area contributed by atoms with E-state index in [-0.39, 0.29) is 23.2 Å². The second kappa shape index (κ2) is 23.2. The van der Waals surface area contributed by atoms with Crippen LogP contribution in [0.5, 0.6) is 0 Å². The molecule has 0 aromatic carbocycles. The highest BCUT2D eigenvalue weighted by atomic mass is 32.1. The number of hydrogen-bond acceptors (Lipinski definition) is 7. The predicted molar refractivity (Wildman–Crippen MR) is 164 cm³/mol. The molecular formula is C31H52N2O5S. The van der Waals surface area contributed by atoms with Crippen LogP contribution in [-0.4, -0.2) is 24.0 Å². The zero-order valence-electron chi connectivity index (χ0n) is 26.1. The first-order valence-corrected chi connectivity index (χ1v) is 15.1. The number of Topliss-reactive ketones (excluding diaryl/α,β-unsaturated/α-hetero) is 1. The SMILES string of the molecule is CC.CC.CCCCc1ncc(CC)s1.COC(=O)N/C=C/CCC(C)c1cc(C)c(C(=O)C(C)C)c(=O)o1. The van der Waals surface area contributed by atoms with E-state index < -0.39 is 11.7 Å². The standard InChI is InChI=1S/C18H25NO5.C9H15NS.2C2H6/c1-11(2)16(20)15-13(4)10-14(24-17(15)21)12(3)8-6-7-9-19-18(22)23-5;1-3-5-6-9-10-7-8(4-2)11-9;2*1-2/h7,9-12H,6,8H2,1-5H3,(H,19,22);7H,3-6H2,1-2H3;2*1-2H3/b9-7+;;;. The fraction of sp³-hybridized carbons (Fsp3) is 0.613. The molecule has 1 atom stereocenters. The second-order valence-electron chi connectivity index (χ2n) is 8.71. The van der Waals surface area contributed by atoms with Crippen molar-refractivity contribution in [1.82, 2.24) is 10.3 Å². The number of aromatic nitrogens is 1. The molecule has 0 aliphatic rings. The fourth-order valence-electron chi connectivity index (χ4n) is 3.17. The minimum Gasteiger partial charge on any atom is -0.453 e. The third-order valence-corrected chi connectivity index (χ3v) is 6.59. The van der Waals surface area contributed by atoms with Crippen LogP contribution >= 0.6 is 11.3 Å². The number of thiazole rings is 1. The number of hydrogen-bond donors (Lipinski definition) is 1. The van der Waals surface area contributed by atoms with Crippen molar-refractivity contribution in [2.45, 2.75) is 114 Å². The number of carbonyl (C=O) groups excluding carboxylic acids is 2. The lowest BCUT2D eigenvalue weighted by atomic mass is 9.96. The normalized spacial score (nSPS) is 10.9. The number of ether oxygens (including phenoxy) is 1. The third kappa shape index (κ3) is 15.4. The third-order valence-electron chi connectivity index (χ3n) is 5.39. The molecule has 1 amide bonds. The zero-order valence-corrected chi connectivity index (χ0v) is 26.9. The summed E-state index contributed by atoms with van der Waals surface area (Å²) in [6.07, 6.45) is 11.1. The first-order chi connectivity index (χ1) is 18.6. The topological polar surface area (TPSA) is 98.5 Å². The van der Waals surface area contributed by atoms with Gasteiger partial charge >= 0.3 is 11.7 Å². The number of methoxy groups -OCH3 is 1. The molecule has 0 spiro atoms. The van der Waals surface area contributed by atoms with Gasteiger partial charge in [-0.1, -0.05) is 74.8 Å². The minimum atomic E-state index is -0.571. The van der Waals surface area contributed by atoms with Crippen LogP contribution in [0.1, 0.15) is 125 Å². The summed E-state index contributed by atoms with van der Waals surface area (Å²) >= 11 is 1.86. The van der Waals surface area contributed by atoms with Gasteiger partial charge in [0, 0.05) is 29.1 Å². The van der Waals surface area contributed by atoms with Gasteiger partial charge in [0.15, 0.2) is 5.78 Å². The number of rotatable bonds is 11. The number of carbonyl (C=O) groups is 2. The fourth-order valence-corrected chi connectivity index (χ4v) is 4.08. The Kier molecular flexibility index (Phi) is 22.8. The summed E-state index contributed by atoms with van der Waals surface area (Å²) in [5, 5.41) is 3.75. The number of aryl methyl sites for hydroxylation is 3. The second-order valence-corrected chi connectivity index (χ2v) is 9.91. The first kappa shape index (κ1) is 38.4. The van der Waals surface area contributed by atoms with Gasteiger partial charge in [0.25, 0.3) is 0 Å². The van der Waals surface area contributed by atoms with Crippen molar-refractivity contribution in [2.24, 2.45) is 5.92 Å². The average Bonchev–Trinajstić information content (AvgIpc) is 3.41. The number of nitrogens with one attached hydrogen (secondary N) is 1. The lowest BCUT2D eigenvalue weighted by Gasteiger charge is -2.12. The maximum atomic E-state index is 12.1. The lowest BCUT2D eigenvalue weighted by molar-refractivity contribution is 0.0934. The van der Waals surface area contributed by atoms with Gasteiger partial charge in [0.05, 0.1) is 12.1 Å². The van der Waals surface area contributed by atoms with Crippen LogP contribution in [0, 0.1) is 12.8 Å². The van der Waals surface area contributed by atoms with E-state index in [0.717, 1.165) is 12.8 Å². The van der Waals surface area contributed by atoms with Gasteiger partial charge < -0.3 is 9.15 Å². The van der Waals surface area contributed by atoms with Crippen LogP contribution in [-0.2, 0) is 17.6 Å². The van der Waals surface area contributed by atoms with Crippen molar-refractivity contribution in [3.8, 4) is 0 Å². The molecule has 0 saturated carbocycles.